The van der Waals surface area contributed by atoms with Crippen LogP contribution < -0.4 is 0 Å². The molecular weight excluding hydrogens is 152 g/mol. The molecule has 1 fully saturated rings. The Hall–Kier alpha value is -0.530. The van der Waals surface area contributed by atoms with Crippen molar-refractivity contribution < 1.29 is 9.90 Å². The number of carboxylic acid groups (broad SMARTS) is 1. The molecule has 0 aromatic rings. The summed E-state index contributed by atoms with van der Waals surface area (Å²) in [6.45, 7) is 2.24. The number of aliphatic carboxylic acids is 1. The van der Waals surface area contributed by atoms with Crippen LogP contribution in [0.25, 0.3) is 0 Å². The van der Waals surface area contributed by atoms with Crippen molar-refractivity contribution in [1.82, 2.24) is 0 Å². The van der Waals surface area contributed by atoms with Gasteiger partial charge in [0.05, 0.1) is 0 Å². The van der Waals surface area contributed by atoms with Gasteiger partial charge in [-0.2, -0.15) is 0 Å². The number of hydrogen-bond acceptors (Lipinski definition) is 1. The van der Waals surface area contributed by atoms with Crippen LogP contribution in [0, 0.1) is 11.8 Å². The highest BCUT2D eigenvalue weighted by atomic mass is 16.4. The minimum absolute atomic E-state index is 0.342. The summed E-state index contributed by atoms with van der Waals surface area (Å²) in [5.74, 6) is 1.05. The second-order valence-electron chi connectivity index (χ2n) is 4.07. The van der Waals surface area contributed by atoms with Crippen LogP contribution in [0.2, 0.25) is 0 Å². The number of carbonyl (C=O) groups is 1. The maximum absolute atomic E-state index is 10.2. The Kier molecular flexibility index (Phi) is 3.57. The molecule has 0 saturated heterocycles. The van der Waals surface area contributed by atoms with Gasteiger partial charge in [0.15, 0.2) is 0 Å². The van der Waals surface area contributed by atoms with E-state index in [1.807, 2.05) is 0 Å². The predicted molar refractivity (Wildman–Crippen MR) is 48.0 cm³/mol. The van der Waals surface area contributed by atoms with E-state index in [9.17, 15) is 4.79 Å². The van der Waals surface area contributed by atoms with Gasteiger partial charge in [-0.3, -0.25) is 4.79 Å². The van der Waals surface area contributed by atoms with Gasteiger partial charge < -0.3 is 5.11 Å². The van der Waals surface area contributed by atoms with Crippen molar-refractivity contribution in [3.05, 3.63) is 0 Å². The van der Waals surface area contributed by atoms with Crippen LogP contribution in [-0.2, 0) is 4.79 Å². The second kappa shape index (κ2) is 4.48. The first-order valence-corrected chi connectivity index (χ1v) is 4.90. The summed E-state index contributed by atoms with van der Waals surface area (Å²) >= 11 is 0. The molecule has 0 aromatic carbocycles. The molecule has 0 aliphatic heterocycles. The molecule has 2 nitrogen and oxygen atoms in total. The average Bonchev–Trinajstić information content (AvgIpc) is 2.70. The highest BCUT2D eigenvalue weighted by molar-refractivity contribution is 5.66. The molecule has 1 unspecified atom stereocenters. The Bertz CT molecular complexity index is 150. The summed E-state index contributed by atoms with van der Waals surface area (Å²) in [7, 11) is 0. The van der Waals surface area contributed by atoms with Crippen molar-refractivity contribution in [1.29, 1.82) is 0 Å². The third kappa shape index (κ3) is 4.37. The molecule has 12 heavy (non-hydrogen) atoms. The van der Waals surface area contributed by atoms with Gasteiger partial charge in [-0.25, -0.2) is 0 Å². The van der Waals surface area contributed by atoms with E-state index in [1.54, 1.807) is 0 Å². The van der Waals surface area contributed by atoms with Crippen LogP contribution in [0.1, 0.15) is 45.4 Å². The summed E-state index contributed by atoms with van der Waals surface area (Å²) in [6, 6.07) is 0. The second-order valence-corrected chi connectivity index (χ2v) is 4.07. The molecule has 1 aliphatic carbocycles. The van der Waals surface area contributed by atoms with E-state index in [4.69, 9.17) is 5.11 Å². The highest BCUT2D eigenvalue weighted by Gasteiger charge is 2.23. The Morgan fingerprint density at radius 3 is 2.75 bits per heavy atom. The minimum atomic E-state index is -0.659. The largest absolute Gasteiger partial charge is 0.481 e. The third-order valence-corrected chi connectivity index (χ3v) is 2.52. The van der Waals surface area contributed by atoms with Crippen molar-refractivity contribution in [2.45, 2.75) is 45.4 Å². The lowest BCUT2D eigenvalue weighted by molar-refractivity contribution is -0.137. The zero-order valence-electron chi connectivity index (χ0n) is 7.75. The van der Waals surface area contributed by atoms with Crippen LogP contribution in [-0.4, -0.2) is 11.1 Å². The Morgan fingerprint density at radius 2 is 2.25 bits per heavy atom. The molecule has 1 N–H and O–H groups in total. The number of hydrogen-bond donors (Lipinski definition) is 1. The molecule has 1 rings (SSSR count). The van der Waals surface area contributed by atoms with E-state index in [2.05, 4.69) is 6.92 Å². The van der Waals surface area contributed by atoms with Gasteiger partial charge in [0.25, 0.3) is 0 Å². The molecule has 70 valence electrons. The molecule has 1 aliphatic rings. The van der Waals surface area contributed by atoms with Crippen molar-refractivity contribution in [2.24, 2.45) is 11.8 Å². The minimum Gasteiger partial charge on any atom is -0.481 e. The molecule has 0 radical (unpaired) electrons. The topological polar surface area (TPSA) is 37.3 Å². The van der Waals surface area contributed by atoms with Gasteiger partial charge in [-0.15, -0.1) is 0 Å². The van der Waals surface area contributed by atoms with Crippen LogP contribution in [0.3, 0.4) is 0 Å². The van der Waals surface area contributed by atoms with E-state index in [0.29, 0.717) is 6.42 Å². The smallest absolute Gasteiger partial charge is 0.303 e. The summed E-state index contributed by atoms with van der Waals surface area (Å²) in [6.07, 6.45) is 6.41. The lowest BCUT2D eigenvalue weighted by Gasteiger charge is -2.08. The van der Waals surface area contributed by atoms with Crippen molar-refractivity contribution >= 4 is 5.97 Å². The Morgan fingerprint density at radius 1 is 1.58 bits per heavy atom. The molecule has 0 spiro atoms. The van der Waals surface area contributed by atoms with Crippen molar-refractivity contribution in [2.75, 3.05) is 0 Å². The first kappa shape index (κ1) is 9.56. The third-order valence-electron chi connectivity index (χ3n) is 2.52. The van der Waals surface area contributed by atoms with Gasteiger partial charge >= 0.3 is 5.97 Å². The molecule has 0 aromatic heterocycles. The fraction of sp³-hybridized carbons (Fsp3) is 0.900. The molecule has 0 bridgehead atoms. The zero-order valence-corrected chi connectivity index (χ0v) is 7.75. The quantitative estimate of drug-likeness (QED) is 0.665. The van der Waals surface area contributed by atoms with Gasteiger partial charge in [0.1, 0.15) is 0 Å². The highest BCUT2D eigenvalue weighted by Crippen LogP contribution is 2.36. The van der Waals surface area contributed by atoms with Crippen LogP contribution in [0.4, 0.5) is 0 Å². The van der Waals surface area contributed by atoms with E-state index >= 15 is 0 Å². The van der Waals surface area contributed by atoms with Gasteiger partial charge in [-0.05, 0) is 24.7 Å². The van der Waals surface area contributed by atoms with Gasteiger partial charge in [-0.1, -0.05) is 26.2 Å². The number of rotatable bonds is 6. The fourth-order valence-electron chi connectivity index (χ4n) is 1.64. The van der Waals surface area contributed by atoms with E-state index in [-0.39, 0.29) is 0 Å². The van der Waals surface area contributed by atoms with E-state index in [0.717, 1.165) is 24.7 Å². The van der Waals surface area contributed by atoms with Crippen LogP contribution >= 0.6 is 0 Å². The summed E-state index contributed by atoms with van der Waals surface area (Å²) < 4.78 is 0. The van der Waals surface area contributed by atoms with Gasteiger partial charge in [0, 0.05) is 6.42 Å². The predicted octanol–water partition coefficient (Wildman–Crippen LogP) is 2.68. The van der Waals surface area contributed by atoms with Crippen LogP contribution in [0.5, 0.6) is 0 Å². The van der Waals surface area contributed by atoms with Crippen molar-refractivity contribution in [3.63, 3.8) is 0 Å². The maximum atomic E-state index is 10.2. The summed E-state index contributed by atoms with van der Waals surface area (Å²) in [5, 5.41) is 8.42. The average molecular weight is 170 g/mol. The lowest BCUT2D eigenvalue weighted by Crippen LogP contribution is -1.99. The summed E-state index contributed by atoms with van der Waals surface area (Å²) in [4.78, 5) is 10.2. The first-order chi connectivity index (χ1) is 5.68. The SMILES string of the molecule is CC(CCCC(=O)O)CC1CC1. The standard InChI is InChI=1S/C10H18O2/c1-8(7-9-5-6-9)3-2-4-10(11)12/h8-9H,2-7H2,1H3,(H,11,12). The molecule has 1 atom stereocenters. The van der Waals surface area contributed by atoms with Crippen molar-refractivity contribution in [3.8, 4) is 0 Å². The van der Waals surface area contributed by atoms with E-state index < -0.39 is 5.97 Å². The first-order valence-electron chi connectivity index (χ1n) is 4.90. The van der Waals surface area contributed by atoms with Crippen LogP contribution in [0.15, 0.2) is 0 Å². The molecule has 0 amide bonds. The molecule has 0 heterocycles. The monoisotopic (exact) mass is 170 g/mol. The van der Waals surface area contributed by atoms with Gasteiger partial charge in [0.2, 0.25) is 0 Å². The van der Waals surface area contributed by atoms with E-state index in [1.165, 1.54) is 19.3 Å². The Labute approximate surface area is 74.0 Å². The normalized spacial score (nSPS) is 19.1. The molecule has 2 heteroatoms. The Balaban J connectivity index is 1.93. The zero-order chi connectivity index (χ0) is 8.97. The number of carboxylic acids is 1. The summed E-state index contributed by atoms with van der Waals surface area (Å²) in [5.41, 5.74) is 0. The lowest BCUT2D eigenvalue weighted by atomic mass is 9.98. The molecular formula is C10H18O2. The maximum Gasteiger partial charge on any atom is 0.303 e. The fourth-order valence-corrected chi connectivity index (χ4v) is 1.64. The molecule has 1 saturated carbocycles.